The summed E-state index contributed by atoms with van der Waals surface area (Å²) in [4.78, 5) is 23.6. The number of ether oxygens (including phenoxy) is 1. The number of amides is 1. The Morgan fingerprint density at radius 3 is 2.67 bits per heavy atom. The molecule has 1 fully saturated rings. The molecule has 1 aromatic rings. The molecule has 0 unspecified atom stereocenters. The van der Waals surface area contributed by atoms with Crippen LogP contribution in [-0.2, 0) is 9.53 Å². The average molecular weight is 312 g/mol. The maximum atomic E-state index is 12.5. The summed E-state index contributed by atoms with van der Waals surface area (Å²) in [6.45, 7) is 2.66. The Morgan fingerprint density at radius 2 is 2.05 bits per heavy atom. The zero-order valence-corrected chi connectivity index (χ0v) is 12.6. The van der Waals surface area contributed by atoms with Gasteiger partial charge >= 0.3 is 5.97 Å². The number of carboxylic acids is 1. The second-order valence-electron chi connectivity index (χ2n) is 5.33. The molecule has 0 saturated carbocycles. The lowest BCUT2D eigenvalue weighted by Gasteiger charge is -2.37. The van der Waals surface area contributed by atoms with Gasteiger partial charge in [-0.1, -0.05) is 17.7 Å². The average Bonchev–Trinajstić information content (AvgIpc) is 2.41. The molecule has 2 rings (SSSR count). The van der Waals surface area contributed by atoms with Gasteiger partial charge in [-0.05, 0) is 37.5 Å². The summed E-state index contributed by atoms with van der Waals surface area (Å²) < 4.78 is 5.27. The zero-order chi connectivity index (χ0) is 15.5. The second kappa shape index (κ2) is 6.45. The van der Waals surface area contributed by atoms with Crippen molar-refractivity contribution in [2.45, 2.75) is 31.7 Å². The van der Waals surface area contributed by atoms with Gasteiger partial charge in [0.1, 0.15) is 0 Å². The van der Waals surface area contributed by atoms with Crippen LogP contribution >= 0.6 is 11.6 Å². The van der Waals surface area contributed by atoms with Crippen LogP contribution in [0.25, 0.3) is 0 Å². The molecule has 21 heavy (non-hydrogen) atoms. The number of nitrogens with one attached hydrogen (secondary N) is 1. The molecule has 6 heteroatoms. The molecule has 2 N–H and O–H groups in total. The van der Waals surface area contributed by atoms with Crippen molar-refractivity contribution >= 4 is 23.5 Å². The highest BCUT2D eigenvalue weighted by Crippen LogP contribution is 2.26. The minimum absolute atomic E-state index is 0.109. The summed E-state index contributed by atoms with van der Waals surface area (Å²) in [5, 5.41) is 12.5. The Hall–Kier alpha value is -1.59. The Kier molecular flexibility index (Phi) is 4.85. The van der Waals surface area contributed by atoms with Crippen LogP contribution in [0.15, 0.2) is 18.2 Å². The molecule has 0 radical (unpaired) electrons. The summed E-state index contributed by atoms with van der Waals surface area (Å²) >= 11 is 6.03. The molecule has 114 valence electrons. The van der Waals surface area contributed by atoms with Crippen molar-refractivity contribution < 1.29 is 19.4 Å². The number of carbonyl (C=O) groups excluding carboxylic acids is 1. The lowest BCUT2D eigenvalue weighted by atomic mass is 9.86. The van der Waals surface area contributed by atoms with E-state index in [4.69, 9.17) is 21.4 Å². The van der Waals surface area contributed by atoms with E-state index in [-0.39, 0.29) is 12.3 Å². The topological polar surface area (TPSA) is 75.6 Å². The Bertz CT molecular complexity index is 553. The number of carboxylic acid groups (broad SMARTS) is 1. The summed E-state index contributed by atoms with van der Waals surface area (Å²) in [5.41, 5.74) is 0.406. The Labute approximate surface area is 128 Å². The van der Waals surface area contributed by atoms with Crippen molar-refractivity contribution in [1.82, 2.24) is 5.32 Å². The minimum Gasteiger partial charge on any atom is -0.481 e. The van der Waals surface area contributed by atoms with E-state index >= 15 is 0 Å². The first-order valence-electron chi connectivity index (χ1n) is 6.81. The molecule has 0 atom stereocenters. The summed E-state index contributed by atoms with van der Waals surface area (Å²) in [7, 11) is 0. The van der Waals surface area contributed by atoms with Crippen molar-refractivity contribution in [1.29, 1.82) is 0 Å². The van der Waals surface area contributed by atoms with Crippen molar-refractivity contribution in [3.63, 3.8) is 0 Å². The third-order valence-electron chi connectivity index (χ3n) is 3.83. The fraction of sp³-hybridized carbons (Fsp3) is 0.467. The van der Waals surface area contributed by atoms with Crippen LogP contribution in [0.4, 0.5) is 0 Å². The molecule has 1 amide bonds. The first kappa shape index (κ1) is 15.8. The molecule has 0 aliphatic carbocycles. The van der Waals surface area contributed by atoms with E-state index in [1.165, 1.54) is 0 Å². The maximum Gasteiger partial charge on any atom is 0.305 e. The fourth-order valence-electron chi connectivity index (χ4n) is 2.56. The molecule has 1 aromatic carbocycles. The van der Waals surface area contributed by atoms with Gasteiger partial charge in [-0.15, -0.1) is 0 Å². The van der Waals surface area contributed by atoms with Crippen molar-refractivity contribution in [3.05, 3.63) is 34.3 Å². The van der Waals surface area contributed by atoms with Gasteiger partial charge in [0.05, 0.1) is 12.0 Å². The third kappa shape index (κ3) is 3.74. The number of halogens is 1. The van der Waals surface area contributed by atoms with Gasteiger partial charge in [-0.3, -0.25) is 9.59 Å². The van der Waals surface area contributed by atoms with Crippen LogP contribution in [-0.4, -0.2) is 35.7 Å². The van der Waals surface area contributed by atoms with E-state index in [1.807, 2.05) is 0 Å². The molecule has 0 spiro atoms. The predicted molar refractivity (Wildman–Crippen MR) is 78.7 cm³/mol. The minimum atomic E-state index is -0.931. The van der Waals surface area contributed by atoms with E-state index < -0.39 is 11.5 Å². The summed E-state index contributed by atoms with van der Waals surface area (Å²) in [6.07, 6.45) is 0.872. The highest BCUT2D eigenvalue weighted by atomic mass is 35.5. The highest BCUT2D eigenvalue weighted by molar-refractivity contribution is 6.31. The SMILES string of the molecule is Cc1c(Cl)cccc1C(=O)NC1(CC(=O)O)CCOCC1. The number of rotatable bonds is 4. The highest BCUT2D eigenvalue weighted by Gasteiger charge is 2.36. The second-order valence-corrected chi connectivity index (χ2v) is 5.74. The molecule has 5 nitrogen and oxygen atoms in total. The van der Waals surface area contributed by atoms with E-state index in [1.54, 1.807) is 25.1 Å². The summed E-state index contributed by atoms with van der Waals surface area (Å²) in [5.74, 6) is -1.22. The van der Waals surface area contributed by atoms with Gasteiger partial charge in [0, 0.05) is 23.8 Å². The quantitative estimate of drug-likeness (QED) is 0.895. The molecule has 1 aliphatic rings. The van der Waals surface area contributed by atoms with Gasteiger partial charge in [0.25, 0.3) is 5.91 Å². The van der Waals surface area contributed by atoms with E-state index in [0.29, 0.717) is 42.2 Å². The number of benzene rings is 1. The third-order valence-corrected chi connectivity index (χ3v) is 4.24. The Balaban J connectivity index is 2.21. The Morgan fingerprint density at radius 1 is 1.38 bits per heavy atom. The predicted octanol–water partition coefficient (Wildman–Crippen LogP) is 2.40. The largest absolute Gasteiger partial charge is 0.481 e. The van der Waals surface area contributed by atoms with Gasteiger partial charge < -0.3 is 15.2 Å². The summed E-state index contributed by atoms with van der Waals surface area (Å²) in [6, 6.07) is 5.11. The molecule has 0 bridgehead atoms. The molecular formula is C15H18ClNO4. The monoisotopic (exact) mass is 311 g/mol. The molecular weight excluding hydrogens is 294 g/mol. The van der Waals surface area contributed by atoms with E-state index in [0.717, 1.165) is 0 Å². The van der Waals surface area contributed by atoms with Gasteiger partial charge in [0.15, 0.2) is 0 Å². The lowest BCUT2D eigenvalue weighted by molar-refractivity contribution is -0.139. The number of hydrogen-bond acceptors (Lipinski definition) is 3. The first-order valence-corrected chi connectivity index (χ1v) is 7.18. The number of hydrogen-bond donors (Lipinski definition) is 2. The molecule has 1 heterocycles. The molecule has 1 aliphatic heterocycles. The van der Waals surface area contributed by atoms with Crippen molar-refractivity contribution in [3.8, 4) is 0 Å². The van der Waals surface area contributed by atoms with E-state index in [2.05, 4.69) is 5.32 Å². The van der Waals surface area contributed by atoms with Crippen LogP contribution in [0.2, 0.25) is 5.02 Å². The van der Waals surface area contributed by atoms with Gasteiger partial charge in [-0.2, -0.15) is 0 Å². The number of carbonyl (C=O) groups is 2. The van der Waals surface area contributed by atoms with Crippen LogP contribution < -0.4 is 5.32 Å². The van der Waals surface area contributed by atoms with Crippen LogP contribution in [0.1, 0.15) is 35.2 Å². The molecule has 0 aromatic heterocycles. The van der Waals surface area contributed by atoms with Crippen molar-refractivity contribution in [2.24, 2.45) is 0 Å². The standard InChI is InChI=1S/C15H18ClNO4/c1-10-11(3-2-4-12(10)16)14(20)17-15(9-13(18)19)5-7-21-8-6-15/h2-4H,5-9H2,1H3,(H,17,20)(H,18,19). The van der Waals surface area contributed by atoms with Crippen LogP contribution in [0.5, 0.6) is 0 Å². The maximum absolute atomic E-state index is 12.5. The van der Waals surface area contributed by atoms with Crippen LogP contribution in [0.3, 0.4) is 0 Å². The van der Waals surface area contributed by atoms with E-state index in [9.17, 15) is 9.59 Å². The smallest absolute Gasteiger partial charge is 0.305 e. The fourth-order valence-corrected chi connectivity index (χ4v) is 2.73. The first-order chi connectivity index (χ1) is 9.93. The van der Waals surface area contributed by atoms with Crippen molar-refractivity contribution in [2.75, 3.05) is 13.2 Å². The normalized spacial score (nSPS) is 17.2. The lowest BCUT2D eigenvalue weighted by Crippen LogP contribution is -2.53. The van der Waals surface area contributed by atoms with Gasteiger partial charge in [0.2, 0.25) is 0 Å². The number of aliphatic carboxylic acids is 1. The van der Waals surface area contributed by atoms with Gasteiger partial charge in [-0.25, -0.2) is 0 Å². The zero-order valence-electron chi connectivity index (χ0n) is 11.8. The molecule has 1 saturated heterocycles. The van der Waals surface area contributed by atoms with Crippen LogP contribution in [0, 0.1) is 6.92 Å².